The number of thiocarbonyl (C=S) groups is 1. The molecule has 9 heteroatoms. The van der Waals surface area contributed by atoms with Crippen molar-refractivity contribution in [1.82, 2.24) is 4.90 Å². The first-order valence-electron chi connectivity index (χ1n) is 9.04. The van der Waals surface area contributed by atoms with Crippen LogP contribution in [0.2, 0.25) is 5.02 Å². The minimum atomic E-state index is -0.324. The Morgan fingerprint density at radius 2 is 2.03 bits per heavy atom. The normalized spacial score (nSPS) is 14.9. The first-order chi connectivity index (χ1) is 14.4. The molecule has 0 spiro atoms. The lowest BCUT2D eigenvalue weighted by atomic mass is 10.2. The number of carbonyl (C=O) groups is 2. The molecule has 1 N–H and O–H groups in total. The summed E-state index contributed by atoms with van der Waals surface area (Å²) in [6.07, 6.45) is 1.75. The predicted octanol–water partition coefficient (Wildman–Crippen LogP) is 4.59. The van der Waals surface area contributed by atoms with Gasteiger partial charge in [-0.15, -0.1) is 0 Å². The van der Waals surface area contributed by atoms with Crippen LogP contribution in [0, 0.1) is 0 Å². The topological polar surface area (TPSA) is 67.9 Å². The Kier molecular flexibility index (Phi) is 7.36. The monoisotopic (exact) mass is 462 g/mol. The van der Waals surface area contributed by atoms with Crippen molar-refractivity contribution in [3.05, 3.63) is 58.0 Å². The van der Waals surface area contributed by atoms with Gasteiger partial charge in [0.05, 0.1) is 11.5 Å². The summed E-state index contributed by atoms with van der Waals surface area (Å²) < 4.78 is 11.8. The van der Waals surface area contributed by atoms with Gasteiger partial charge in [-0.05, 0) is 48.9 Å². The van der Waals surface area contributed by atoms with Crippen LogP contribution >= 0.6 is 35.6 Å². The molecule has 1 saturated heterocycles. The van der Waals surface area contributed by atoms with E-state index in [1.165, 1.54) is 16.7 Å². The van der Waals surface area contributed by atoms with Gasteiger partial charge in [0.1, 0.15) is 4.32 Å². The average molecular weight is 463 g/mol. The van der Waals surface area contributed by atoms with Gasteiger partial charge >= 0.3 is 0 Å². The minimum Gasteiger partial charge on any atom is -0.490 e. The number of likely N-dealkylation sites (N-methyl/N-ethyl adjacent to an activating group) is 1. The van der Waals surface area contributed by atoms with Crippen LogP contribution < -0.4 is 14.8 Å². The third-order valence-electron chi connectivity index (χ3n) is 4.02. The Morgan fingerprint density at radius 1 is 1.23 bits per heavy atom. The average Bonchev–Trinajstić information content (AvgIpc) is 2.94. The molecule has 1 fully saturated rings. The van der Waals surface area contributed by atoms with Gasteiger partial charge in [0, 0.05) is 17.8 Å². The molecule has 1 aliphatic heterocycles. The van der Waals surface area contributed by atoms with Crippen LogP contribution in [0.1, 0.15) is 12.5 Å². The SMILES string of the molecule is CCOc1cc(C=C2SC(=S)N(C)C2=O)ccc1OCC(=O)Nc1cccc(Cl)c1. The van der Waals surface area contributed by atoms with Crippen LogP contribution in [0.15, 0.2) is 47.4 Å². The molecule has 30 heavy (non-hydrogen) atoms. The number of anilines is 1. The fourth-order valence-corrected chi connectivity index (χ4v) is 3.98. The number of halogens is 1. The predicted molar refractivity (Wildman–Crippen MR) is 124 cm³/mol. The van der Waals surface area contributed by atoms with Crippen LogP contribution in [0.5, 0.6) is 11.5 Å². The van der Waals surface area contributed by atoms with Gasteiger partial charge in [-0.3, -0.25) is 14.5 Å². The number of nitrogens with one attached hydrogen (secondary N) is 1. The summed E-state index contributed by atoms with van der Waals surface area (Å²) in [5.74, 6) is 0.448. The molecule has 156 valence electrons. The fourth-order valence-electron chi connectivity index (χ4n) is 2.61. The molecule has 1 aliphatic rings. The van der Waals surface area contributed by atoms with Crippen LogP contribution in [0.4, 0.5) is 5.69 Å². The number of amides is 2. The smallest absolute Gasteiger partial charge is 0.265 e. The van der Waals surface area contributed by atoms with Gasteiger partial charge in [-0.2, -0.15) is 0 Å². The molecule has 0 aliphatic carbocycles. The molecule has 0 bridgehead atoms. The van der Waals surface area contributed by atoms with E-state index < -0.39 is 0 Å². The Hall–Kier alpha value is -2.55. The van der Waals surface area contributed by atoms with Gasteiger partial charge < -0.3 is 14.8 Å². The molecule has 2 amide bonds. The number of hydrogen-bond acceptors (Lipinski definition) is 6. The summed E-state index contributed by atoms with van der Waals surface area (Å²) in [5.41, 5.74) is 1.35. The summed E-state index contributed by atoms with van der Waals surface area (Å²) in [4.78, 5) is 26.3. The zero-order valence-electron chi connectivity index (χ0n) is 16.3. The van der Waals surface area contributed by atoms with E-state index in [1.807, 2.05) is 6.92 Å². The van der Waals surface area contributed by atoms with E-state index in [2.05, 4.69) is 5.32 Å². The molecule has 2 aromatic carbocycles. The van der Waals surface area contributed by atoms with Crippen LogP contribution in [-0.4, -0.2) is 41.3 Å². The maximum absolute atomic E-state index is 12.2. The molecule has 2 aromatic rings. The summed E-state index contributed by atoms with van der Waals surface area (Å²) in [6, 6.07) is 12.1. The zero-order valence-corrected chi connectivity index (χ0v) is 18.7. The lowest BCUT2D eigenvalue weighted by Crippen LogP contribution is -2.22. The molecular weight excluding hydrogens is 444 g/mol. The summed E-state index contributed by atoms with van der Waals surface area (Å²) in [6.45, 7) is 2.08. The molecule has 0 radical (unpaired) electrons. The Balaban J connectivity index is 1.70. The maximum Gasteiger partial charge on any atom is 0.265 e. The molecule has 1 heterocycles. The number of benzene rings is 2. The van der Waals surface area contributed by atoms with Crippen LogP contribution in [0.3, 0.4) is 0 Å². The lowest BCUT2D eigenvalue weighted by Gasteiger charge is -2.13. The number of rotatable bonds is 7. The van der Waals surface area contributed by atoms with Gasteiger partial charge in [-0.25, -0.2) is 0 Å². The Bertz CT molecular complexity index is 1030. The van der Waals surface area contributed by atoms with E-state index in [1.54, 1.807) is 55.6 Å². The molecule has 0 unspecified atom stereocenters. The van der Waals surface area contributed by atoms with Crippen molar-refractivity contribution in [3.8, 4) is 11.5 Å². The quantitative estimate of drug-likeness (QED) is 0.479. The highest BCUT2D eigenvalue weighted by molar-refractivity contribution is 8.26. The molecule has 0 atom stereocenters. The summed E-state index contributed by atoms with van der Waals surface area (Å²) in [5, 5.41) is 3.25. The van der Waals surface area contributed by atoms with E-state index in [0.29, 0.717) is 38.0 Å². The molecule has 3 rings (SSSR count). The van der Waals surface area contributed by atoms with Gasteiger partial charge in [0.15, 0.2) is 18.1 Å². The van der Waals surface area contributed by atoms with E-state index >= 15 is 0 Å². The van der Waals surface area contributed by atoms with Crippen molar-refractivity contribution < 1.29 is 19.1 Å². The highest BCUT2D eigenvalue weighted by Crippen LogP contribution is 2.34. The largest absolute Gasteiger partial charge is 0.490 e. The maximum atomic E-state index is 12.2. The molecule has 0 aromatic heterocycles. The number of nitrogens with zero attached hydrogens (tertiary/aromatic N) is 1. The first kappa shape index (κ1) is 22.1. The third kappa shape index (κ3) is 5.53. The van der Waals surface area contributed by atoms with Gasteiger partial charge in [0.25, 0.3) is 11.8 Å². The number of ether oxygens (including phenoxy) is 2. The van der Waals surface area contributed by atoms with Gasteiger partial charge in [0.2, 0.25) is 0 Å². The standard InChI is InChI=1S/C21H19ClN2O4S2/c1-3-27-17-9-13(10-18-20(26)24(2)21(29)30-18)7-8-16(17)28-12-19(25)23-15-6-4-5-14(22)11-15/h4-11H,3,12H2,1-2H3,(H,23,25). The van der Waals surface area contributed by atoms with E-state index in [-0.39, 0.29) is 18.4 Å². The second kappa shape index (κ2) is 9.97. The molecular formula is C21H19ClN2O4S2. The highest BCUT2D eigenvalue weighted by atomic mass is 35.5. The van der Waals surface area contributed by atoms with Crippen molar-refractivity contribution in [3.63, 3.8) is 0 Å². The van der Waals surface area contributed by atoms with Crippen LogP contribution in [0.25, 0.3) is 6.08 Å². The summed E-state index contributed by atoms with van der Waals surface area (Å²) >= 11 is 12.3. The van der Waals surface area contributed by atoms with E-state index in [9.17, 15) is 9.59 Å². The van der Waals surface area contributed by atoms with E-state index in [0.717, 1.165) is 5.56 Å². The number of thioether (sulfide) groups is 1. The van der Waals surface area contributed by atoms with E-state index in [4.69, 9.17) is 33.3 Å². The highest BCUT2D eigenvalue weighted by Gasteiger charge is 2.28. The lowest BCUT2D eigenvalue weighted by molar-refractivity contribution is -0.121. The van der Waals surface area contributed by atoms with Crippen molar-refractivity contribution >= 4 is 63.5 Å². The second-order valence-electron chi connectivity index (χ2n) is 6.23. The fraction of sp³-hybridized carbons (Fsp3) is 0.190. The Labute approximate surface area is 189 Å². The van der Waals surface area contributed by atoms with Crippen molar-refractivity contribution in [2.24, 2.45) is 0 Å². The third-order valence-corrected chi connectivity index (χ3v) is 5.74. The zero-order chi connectivity index (χ0) is 21.7. The molecule has 0 saturated carbocycles. The second-order valence-corrected chi connectivity index (χ2v) is 8.34. The van der Waals surface area contributed by atoms with Crippen molar-refractivity contribution in [2.75, 3.05) is 25.6 Å². The van der Waals surface area contributed by atoms with Crippen molar-refractivity contribution in [1.29, 1.82) is 0 Å². The number of hydrogen-bond donors (Lipinski definition) is 1. The summed E-state index contributed by atoms with van der Waals surface area (Å²) in [7, 11) is 1.65. The molecule has 6 nitrogen and oxygen atoms in total. The first-order valence-corrected chi connectivity index (χ1v) is 10.6. The number of carbonyl (C=O) groups excluding carboxylic acids is 2. The van der Waals surface area contributed by atoms with Crippen molar-refractivity contribution in [2.45, 2.75) is 6.92 Å². The minimum absolute atomic E-state index is 0.138. The van der Waals surface area contributed by atoms with Crippen LogP contribution in [-0.2, 0) is 9.59 Å². The Morgan fingerprint density at radius 3 is 2.70 bits per heavy atom. The van der Waals surface area contributed by atoms with Gasteiger partial charge in [-0.1, -0.05) is 47.7 Å².